The molecule has 0 fully saturated rings. The maximum Gasteiger partial charge on any atom is 0.0831 e. The summed E-state index contributed by atoms with van der Waals surface area (Å²) in [6.45, 7) is 8.11. The van der Waals surface area contributed by atoms with Crippen LogP contribution in [0.3, 0.4) is 0 Å². The number of aliphatic hydroxyl groups excluding tert-OH is 1. The van der Waals surface area contributed by atoms with Crippen molar-refractivity contribution in [2.24, 2.45) is 11.3 Å². The lowest BCUT2D eigenvalue weighted by Crippen LogP contribution is -2.41. The second kappa shape index (κ2) is 3.10. The third kappa shape index (κ3) is 1.94. The van der Waals surface area contributed by atoms with Gasteiger partial charge in [-0.15, -0.1) is 0 Å². The predicted octanol–water partition coefficient (Wildman–Crippen LogP) is 1.72. The molecule has 13 heavy (non-hydrogen) atoms. The topological polar surface area (TPSA) is 40.5 Å². The van der Waals surface area contributed by atoms with Gasteiger partial charge in [0.25, 0.3) is 0 Å². The summed E-state index contributed by atoms with van der Waals surface area (Å²) in [4.78, 5) is 0. The molecular formula is C11H20O2. The summed E-state index contributed by atoms with van der Waals surface area (Å²) in [7, 11) is 0. The molecule has 0 heterocycles. The fraction of sp³-hybridized carbons (Fsp3) is 0.818. The summed E-state index contributed by atoms with van der Waals surface area (Å²) in [6, 6.07) is 0. The Labute approximate surface area is 80.3 Å². The van der Waals surface area contributed by atoms with E-state index in [1.54, 1.807) is 0 Å². The van der Waals surface area contributed by atoms with Gasteiger partial charge < -0.3 is 10.2 Å². The van der Waals surface area contributed by atoms with Crippen LogP contribution < -0.4 is 0 Å². The van der Waals surface area contributed by atoms with Gasteiger partial charge in [-0.2, -0.15) is 0 Å². The van der Waals surface area contributed by atoms with E-state index in [1.165, 1.54) is 0 Å². The van der Waals surface area contributed by atoms with E-state index in [2.05, 4.69) is 13.8 Å². The normalized spacial score (nSPS) is 38.6. The van der Waals surface area contributed by atoms with Gasteiger partial charge in [0.05, 0.1) is 5.60 Å². The van der Waals surface area contributed by atoms with E-state index in [9.17, 15) is 10.2 Å². The van der Waals surface area contributed by atoms with Gasteiger partial charge in [-0.3, -0.25) is 0 Å². The lowest BCUT2D eigenvalue weighted by Gasteiger charge is -2.43. The predicted molar refractivity (Wildman–Crippen MR) is 53.4 cm³/mol. The largest absolute Gasteiger partial charge is 0.396 e. The monoisotopic (exact) mass is 184 g/mol. The molecule has 0 amide bonds. The fourth-order valence-corrected chi connectivity index (χ4v) is 2.16. The van der Waals surface area contributed by atoms with Crippen LogP contribution in [0.25, 0.3) is 0 Å². The Balaban J connectivity index is 3.00. The zero-order chi connectivity index (χ0) is 10.3. The van der Waals surface area contributed by atoms with Gasteiger partial charge in [-0.05, 0) is 31.3 Å². The van der Waals surface area contributed by atoms with Crippen molar-refractivity contribution in [1.82, 2.24) is 0 Å². The van der Waals surface area contributed by atoms with Crippen molar-refractivity contribution in [3.05, 3.63) is 11.6 Å². The first-order valence-electron chi connectivity index (χ1n) is 4.82. The summed E-state index contributed by atoms with van der Waals surface area (Å²) in [5.41, 5.74) is 0.262. The van der Waals surface area contributed by atoms with Gasteiger partial charge >= 0.3 is 0 Å². The van der Waals surface area contributed by atoms with Crippen molar-refractivity contribution < 1.29 is 10.2 Å². The van der Waals surface area contributed by atoms with Crippen LogP contribution in [0.5, 0.6) is 0 Å². The minimum atomic E-state index is -0.699. The molecule has 0 aliphatic heterocycles. The van der Waals surface area contributed by atoms with Crippen LogP contribution in [0.15, 0.2) is 11.6 Å². The van der Waals surface area contributed by atoms with Crippen molar-refractivity contribution in [3.63, 3.8) is 0 Å². The number of hydrogen-bond acceptors (Lipinski definition) is 2. The molecule has 0 bridgehead atoms. The molecule has 0 saturated carbocycles. The van der Waals surface area contributed by atoms with Crippen LogP contribution in [-0.4, -0.2) is 22.4 Å². The van der Waals surface area contributed by atoms with Gasteiger partial charge in [0, 0.05) is 12.5 Å². The summed E-state index contributed by atoms with van der Waals surface area (Å²) >= 11 is 0. The second-order valence-corrected chi connectivity index (χ2v) is 5.08. The minimum Gasteiger partial charge on any atom is -0.396 e. The molecule has 0 radical (unpaired) electrons. The standard InChI is InChI=1S/C11H20O2/c1-8-5-9(6-12)10(2,3)7-11(8,4)13/h5,9,12-13H,6-7H2,1-4H3/t9?,11-/m1/s1. The van der Waals surface area contributed by atoms with Gasteiger partial charge in [0.1, 0.15) is 0 Å². The van der Waals surface area contributed by atoms with E-state index in [-0.39, 0.29) is 17.9 Å². The zero-order valence-corrected chi connectivity index (χ0v) is 8.96. The van der Waals surface area contributed by atoms with Gasteiger partial charge in [0.2, 0.25) is 0 Å². The van der Waals surface area contributed by atoms with Gasteiger partial charge in [-0.25, -0.2) is 0 Å². The molecule has 2 atom stereocenters. The molecule has 2 heteroatoms. The molecule has 1 aliphatic carbocycles. The summed E-state index contributed by atoms with van der Waals surface area (Å²) in [5.74, 6) is 0.174. The molecule has 0 aromatic rings. The Hall–Kier alpha value is -0.340. The minimum absolute atomic E-state index is 0.0161. The van der Waals surface area contributed by atoms with Crippen molar-refractivity contribution in [2.75, 3.05) is 6.61 Å². The first-order chi connectivity index (χ1) is 5.79. The van der Waals surface area contributed by atoms with Crippen molar-refractivity contribution in [1.29, 1.82) is 0 Å². The Morgan fingerprint density at radius 2 is 2.00 bits per heavy atom. The average Bonchev–Trinajstić information content (AvgIpc) is 1.94. The van der Waals surface area contributed by atoms with E-state index in [4.69, 9.17) is 0 Å². The Kier molecular flexibility index (Phi) is 2.56. The molecule has 0 aromatic carbocycles. The van der Waals surface area contributed by atoms with Crippen molar-refractivity contribution >= 4 is 0 Å². The molecule has 0 aromatic heterocycles. The Bertz CT molecular complexity index is 226. The van der Waals surface area contributed by atoms with Crippen LogP contribution >= 0.6 is 0 Å². The molecule has 1 rings (SSSR count). The van der Waals surface area contributed by atoms with E-state index >= 15 is 0 Å². The van der Waals surface area contributed by atoms with Gasteiger partial charge in [0.15, 0.2) is 0 Å². The molecule has 0 spiro atoms. The lowest BCUT2D eigenvalue weighted by molar-refractivity contribution is 0.00678. The van der Waals surface area contributed by atoms with Crippen LogP contribution in [-0.2, 0) is 0 Å². The number of hydrogen-bond donors (Lipinski definition) is 2. The van der Waals surface area contributed by atoms with Crippen LogP contribution in [0.2, 0.25) is 0 Å². The van der Waals surface area contributed by atoms with E-state index < -0.39 is 5.60 Å². The Morgan fingerprint density at radius 1 is 1.46 bits per heavy atom. The maximum atomic E-state index is 10.0. The molecule has 0 saturated heterocycles. The van der Waals surface area contributed by atoms with Crippen molar-refractivity contribution in [3.8, 4) is 0 Å². The second-order valence-electron chi connectivity index (χ2n) is 5.08. The smallest absolute Gasteiger partial charge is 0.0831 e. The highest BCUT2D eigenvalue weighted by Crippen LogP contribution is 2.43. The SMILES string of the molecule is CC1=CC(CO)C(C)(C)C[C@@]1(C)O. The van der Waals surface area contributed by atoms with Crippen molar-refractivity contribution in [2.45, 2.75) is 39.7 Å². The summed E-state index contributed by atoms with van der Waals surface area (Å²) < 4.78 is 0. The average molecular weight is 184 g/mol. The fourth-order valence-electron chi connectivity index (χ4n) is 2.16. The first kappa shape index (κ1) is 10.7. The third-order valence-electron chi connectivity index (χ3n) is 3.30. The highest BCUT2D eigenvalue weighted by atomic mass is 16.3. The van der Waals surface area contributed by atoms with E-state index in [1.807, 2.05) is 19.9 Å². The highest BCUT2D eigenvalue weighted by molar-refractivity contribution is 5.20. The van der Waals surface area contributed by atoms with Crippen LogP contribution in [0.4, 0.5) is 0 Å². The van der Waals surface area contributed by atoms with Crippen LogP contribution in [0.1, 0.15) is 34.1 Å². The molecule has 1 aliphatic rings. The highest BCUT2D eigenvalue weighted by Gasteiger charge is 2.40. The molecular weight excluding hydrogens is 164 g/mol. The Morgan fingerprint density at radius 3 is 2.46 bits per heavy atom. The molecule has 1 unspecified atom stereocenters. The number of rotatable bonds is 1. The third-order valence-corrected chi connectivity index (χ3v) is 3.30. The summed E-state index contributed by atoms with van der Waals surface area (Å²) in [5, 5.41) is 19.2. The van der Waals surface area contributed by atoms with E-state index in [0.717, 1.165) is 5.57 Å². The molecule has 76 valence electrons. The van der Waals surface area contributed by atoms with E-state index in [0.29, 0.717) is 6.42 Å². The first-order valence-corrected chi connectivity index (χ1v) is 4.82. The van der Waals surface area contributed by atoms with Crippen LogP contribution in [0, 0.1) is 11.3 Å². The van der Waals surface area contributed by atoms with Gasteiger partial charge in [-0.1, -0.05) is 19.9 Å². The number of aliphatic hydroxyl groups is 2. The maximum absolute atomic E-state index is 10.0. The summed E-state index contributed by atoms with van der Waals surface area (Å²) in [6.07, 6.45) is 2.72. The zero-order valence-electron chi connectivity index (χ0n) is 8.96. The molecule has 2 nitrogen and oxygen atoms in total. The molecule has 2 N–H and O–H groups in total. The lowest BCUT2D eigenvalue weighted by atomic mass is 9.65. The quantitative estimate of drug-likeness (QED) is 0.609.